The van der Waals surface area contributed by atoms with Crippen molar-refractivity contribution in [2.75, 3.05) is 22.6 Å². The molecule has 1 atom stereocenters. The molecule has 33 heavy (non-hydrogen) atoms. The molecule has 1 fully saturated rings. The van der Waals surface area contributed by atoms with Crippen molar-refractivity contribution in [3.05, 3.63) is 41.8 Å². The molecule has 0 radical (unpaired) electrons. The van der Waals surface area contributed by atoms with Crippen molar-refractivity contribution in [2.24, 2.45) is 0 Å². The number of nitrogens with zero attached hydrogens (tertiary/aromatic N) is 4. The molecule has 3 aromatic rings. The summed E-state index contributed by atoms with van der Waals surface area (Å²) in [6.45, 7) is 4.94. The summed E-state index contributed by atoms with van der Waals surface area (Å²) < 4.78 is 7.91. The minimum atomic E-state index is -1.00. The molecule has 2 aliphatic heterocycles. The van der Waals surface area contributed by atoms with E-state index in [-0.39, 0.29) is 23.7 Å². The Morgan fingerprint density at radius 2 is 2.12 bits per heavy atom. The number of hydrogen-bond donors (Lipinski definition) is 1. The average molecular weight is 484 g/mol. The number of nitrogens with one attached hydrogen (secondary N) is 1. The van der Waals surface area contributed by atoms with E-state index in [2.05, 4.69) is 20.1 Å². The molecule has 172 valence electrons. The lowest BCUT2D eigenvalue weighted by Crippen LogP contribution is -2.59. The van der Waals surface area contributed by atoms with Crippen LogP contribution in [0.4, 0.5) is 11.4 Å². The van der Waals surface area contributed by atoms with E-state index in [0.29, 0.717) is 23.1 Å². The van der Waals surface area contributed by atoms with E-state index in [1.165, 1.54) is 11.8 Å². The predicted molar refractivity (Wildman–Crippen MR) is 130 cm³/mol. The third kappa shape index (κ3) is 4.18. The van der Waals surface area contributed by atoms with Crippen LogP contribution in [0.2, 0.25) is 0 Å². The fourth-order valence-corrected chi connectivity index (χ4v) is 5.74. The highest BCUT2D eigenvalue weighted by Crippen LogP contribution is 2.37. The number of hydrogen-bond acceptors (Lipinski definition) is 7. The van der Waals surface area contributed by atoms with Gasteiger partial charge in [0.2, 0.25) is 11.8 Å². The number of carbonyl (C=O) groups excluding carboxylic acids is 2. The van der Waals surface area contributed by atoms with Crippen LogP contribution in [0.15, 0.2) is 46.9 Å². The van der Waals surface area contributed by atoms with Gasteiger partial charge in [-0.1, -0.05) is 30.0 Å². The average Bonchev–Trinajstić information content (AvgIpc) is 3.56. The molecule has 0 aliphatic carbocycles. The van der Waals surface area contributed by atoms with Crippen molar-refractivity contribution in [3.63, 3.8) is 0 Å². The Balaban J connectivity index is 1.40. The SMILES string of the molecule is CC1(C)C(=O)Nc2ccccc2N1C(=O)CSc1nnc(-c2cccs2)n1C[C@@H]1CCCO1. The molecule has 2 aromatic heterocycles. The summed E-state index contributed by atoms with van der Waals surface area (Å²) in [4.78, 5) is 28.8. The molecule has 0 bridgehead atoms. The van der Waals surface area contributed by atoms with Crippen LogP contribution in [0.3, 0.4) is 0 Å². The summed E-state index contributed by atoms with van der Waals surface area (Å²) in [5.41, 5.74) is 0.342. The van der Waals surface area contributed by atoms with Crippen LogP contribution < -0.4 is 10.2 Å². The maximum atomic E-state index is 13.4. The van der Waals surface area contributed by atoms with Crippen LogP contribution >= 0.6 is 23.1 Å². The standard InChI is InChI=1S/C23H25N5O3S2/c1-23(2)21(30)24-16-8-3-4-9-17(16)28(23)19(29)14-33-22-26-25-20(18-10-6-12-32-18)27(22)13-15-7-5-11-31-15/h3-4,6,8-10,12,15H,5,7,11,13-14H2,1-2H3,(H,24,30)/t15-/m0/s1. The summed E-state index contributed by atoms with van der Waals surface area (Å²) in [5, 5.41) is 14.4. The molecule has 10 heteroatoms. The monoisotopic (exact) mass is 483 g/mol. The van der Waals surface area contributed by atoms with Gasteiger partial charge in [-0.2, -0.15) is 0 Å². The predicted octanol–water partition coefficient (Wildman–Crippen LogP) is 4.04. The number of benzene rings is 1. The Morgan fingerprint density at radius 3 is 2.88 bits per heavy atom. The van der Waals surface area contributed by atoms with Crippen LogP contribution in [-0.4, -0.2) is 50.6 Å². The van der Waals surface area contributed by atoms with Crippen LogP contribution in [0, 0.1) is 0 Å². The van der Waals surface area contributed by atoms with Crippen molar-refractivity contribution in [1.82, 2.24) is 14.8 Å². The summed E-state index contributed by atoms with van der Waals surface area (Å²) in [5.74, 6) is 0.565. The minimum absolute atomic E-state index is 0.117. The van der Waals surface area contributed by atoms with Gasteiger partial charge in [0, 0.05) is 6.61 Å². The van der Waals surface area contributed by atoms with Gasteiger partial charge in [-0.25, -0.2) is 0 Å². The normalized spacial score (nSPS) is 19.4. The van der Waals surface area contributed by atoms with Gasteiger partial charge in [0.1, 0.15) is 5.54 Å². The van der Waals surface area contributed by atoms with E-state index in [0.717, 1.165) is 30.2 Å². The van der Waals surface area contributed by atoms with E-state index < -0.39 is 5.54 Å². The summed E-state index contributed by atoms with van der Waals surface area (Å²) in [6, 6.07) is 11.4. The molecule has 1 aromatic carbocycles. The summed E-state index contributed by atoms with van der Waals surface area (Å²) in [6.07, 6.45) is 2.17. The first-order valence-corrected chi connectivity index (χ1v) is 12.8. The Hall–Kier alpha value is -2.69. The van der Waals surface area contributed by atoms with Crippen LogP contribution in [0.5, 0.6) is 0 Å². The number of anilines is 2. The van der Waals surface area contributed by atoms with Crippen LogP contribution in [0.1, 0.15) is 26.7 Å². The fourth-order valence-electron chi connectivity index (χ4n) is 4.23. The Kier molecular flexibility index (Phi) is 5.98. The fraction of sp³-hybridized carbons (Fsp3) is 0.391. The maximum absolute atomic E-state index is 13.4. The number of para-hydroxylation sites is 2. The van der Waals surface area contributed by atoms with Gasteiger partial charge in [-0.3, -0.25) is 19.1 Å². The second-order valence-corrected chi connectivity index (χ2v) is 10.5. The van der Waals surface area contributed by atoms with Crippen molar-refractivity contribution >= 4 is 46.3 Å². The largest absolute Gasteiger partial charge is 0.376 e. The zero-order valence-corrected chi connectivity index (χ0v) is 20.1. The van der Waals surface area contributed by atoms with E-state index in [1.54, 1.807) is 36.2 Å². The number of ether oxygens (including phenoxy) is 1. The number of thiophene rings is 1. The molecule has 0 spiro atoms. The molecule has 2 amide bonds. The molecular weight excluding hydrogens is 458 g/mol. The second-order valence-electron chi connectivity index (χ2n) is 8.58. The number of thioether (sulfide) groups is 1. The van der Waals surface area contributed by atoms with Crippen molar-refractivity contribution in [2.45, 2.75) is 50.0 Å². The highest BCUT2D eigenvalue weighted by molar-refractivity contribution is 7.99. The Bertz CT molecular complexity index is 1170. The Labute approximate surface area is 200 Å². The minimum Gasteiger partial charge on any atom is -0.376 e. The first-order valence-electron chi connectivity index (χ1n) is 10.9. The van der Waals surface area contributed by atoms with E-state index in [4.69, 9.17) is 4.74 Å². The molecule has 0 saturated carbocycles. The van der Waals surface area contributed by atoms with Gasteiger partial charge >= 0.3 is 0 Å². The van der Waals surface area contributed by atoms with Crippen molar-refractivity contribution < 1.29 is 14.3 Å². The highest BCUT2D eigenvalue weighted by atomic mass is 32.2. The van der Waals surface area contributed by atoms with Crippen LogP contribution in [-0.2, 0) is 20.9 Å². The first-order chi connectivity index (χ1) is 15.9. The third-order valence-electron chi connectivity index (χ3n) is 5.95. The molecule has 0 unspecified atom stereocenters. The number of carbonyl (C=O) groups is 2. The van der Waals surface area contributed by atoms with Crippen LogP contribution in [0.25, 0.3) is 10.7 Å². The van der Waals surface area contributed by atoms with Gasteiger partial charge < -0.3 is 10.1 Å². The van der Waals surface area contributed by atoms with Crippen molar-refractivity contribution in [3.8, 4) is 10.7 Å². The Morgan fingerprint density at radius 1 is 1.27 bits per heavy atom. The van der Waals surface area contributed by atoms with E-state index in [9.17, 15) is 9.59 Å². The molecule has 4 heterocycles. The molecule has 5 rings (SSSR count). The molecular formula is C23H25N5O3S2. The number of aromatic nitrogens is 3. The smallest absolute Gasteiger partial charge is 0.250 e. The zero-order chi connectivity index (χ0) is 23.0. The molecule has 2 aliphatic rings. The number of amides is 2. The van der Waals surface area contributed by atoms with E-state index >= 15 is 0 Å². The lowest BCUT2D eigenvalue weighted by Gasteiger charge is -2.42. The lowest BCUT2D eigenvalue weighted by atomic mass is 9.96. The quantitative estimate of drug-likeness (QED) is 0.532. The van der Waals surface area contributed by atoms with Gasteiger partial charge in [0.05, 0.1) is 34.7 Å². The molecule has 1 N–H and O–H groups in total. The number of rotatable bonds is 6. The number of fused-ring (bicyclic) bond motifs is 1. The van der Waals surface area contributed by atoms with Gasteiger partial charge in [0.25, 0.3) is 0 Å². The third-order valence-corrected chi connectivity index (χ3v) is 7.77. The molecule has 1 saturated heterocycles. The van der Waals surface area contributed by atoms with Gasteiger partial charge in [-0.05, 0) is 50.3 Å². The topological polar surface area (TPSA) is 89.4 Å². The zero-order valence-electron chi connectivity index (χ0n) is 18.5. The van der Waals surface area contributed by atoms with Crippen molar-refractivity contribution in [1.29, 1.82) is 0 Å². The maximum Gasteiger partial charge on any atom is 0.250 e. The second kappa shape index (κ2) is 8.92. The van der Waals surface area contributed by atoms with E-state index in [1.807, 2.05) is 35.7 Å². The summed E-state index contributed by atoms with van der Waals surface area (Å²) >= 11 is 2.95. The van der Waals surface area contributed by atoms with Gasteiger partial charge in [-0.15, -0.1) is 21.5 Å². The summed E-state index contributed by atoms with van der Waals surface area (Å²) in [7, 11) is 0. The first kappa shape index (κ1) is 22.1. The lowest BCUT2D eigenvalue weighted by molar-refractivity contribution is -0.125. The highest BCUT2D eigenvalue weighted by Gasteiger charge is 2.43. The molecule has 8 nitrogen and oxygen atoms in total. The van der Waals surface area contributed by atoms with Gasteiger partial charge in [0.15, 0.2) is 11.0 Å².